The van der Waals surface area contributed by atoms with Crippen LogP contribution in [0.2, 0.25) is 10.0 Å². The average Bonchev–Trinajstić information content (AvgIpc) is 2.60. The van der Waals surface area contributed by atoms with E-state index in [2.05, 4.69) is 10.3 Å². The minimum atomic E-state index is -0.529. The predicted octanol–water partition coefficient (Wildman–Crippen LogP) is 2.69. The molecule has 90 valence electrons. The van der Waals surface area contributed by atoms with Crippen molar-refractivity contribution in [3.8, 4) is 0 Å². The van der Waals surface area contributed by atoms with Gasteiger partial charge in [-0.05, 0) is 24.1 Å². The van der Waals surface area contributed by atoms with Gasteiger partial charge in [0.15, 0.2) is 0 Å². The van der Waals surface area contributed by atoms with E-state index in [9.17, 15) is 4.79 Å². The van der Waals surface area contributed by atoms with Gasteiger partial charge in [-0.15, -0.1) is 0 Å². The zero-order chi connectivity index (χ0) is 12.4. The van der Waals surface area contributed by atoms with Gasteiger partial charge < -0.3 is 16.0 Å². The number of urea groups is 1. The van der Waals surface area contributed by atoms with Crippen molar-refractivity contribution < 1.29 is 4.79 Å². The largest absolute Gasteiger partial charge is 0.361 e. The zero-order valence-corrected chi connectivity index (χ0v) is 10.4. The van der Waals surface area contributed by atoms with E-state index < -0.39 is 6.03 Å². The summed E-state index contributed by atoms with van der Waals surface area (Å²) < 4.78 is 0. The lowest BCUT2D eigenvalue weighted by Crippen LogP contribution is -2.30. The molecule has 4 nitrogen and oxygen atoms in total. The van der Waals surface area contributed by atoms with Crippen LogP contribution in [0.3, 0.4) is 0 Å². The number of hydrogen-bond acceptors (Lipinski definition) is 1. The van der Waals surface area contributed by atoms with Gasteiger partial charge in [-0.25, -0.2) is 4.79 Å². The van der Waals surface area contributed by atoms with Gasteiger partial charge in [-0.2, -0.15) is 0 Å². The van der Waals surface area contributed by atoms with Crippen LogP contribution in [0.25, 0.3) is 10.9 Å². The number of fused-ring (bicyclic) bond motifs is 1. The van der Waals surface area contributed by atoms with Crippen LogP contribution in [-0.4, -0.2) is 17.6 Å². The summed E-state index contributed by atoms with van der Waals surface area (Å²) in [6.07, 6.45) is 2.51. The second kappa shape index (κ2) is 4.85. The molecule has 2 amide bonds. The molecule has 2 aromatic rings. The summed E-state index contributed by atoms with van der Waals surface area (Å²) in [4.78, 5) is 13.7. The summed E-state index contributed by atoms with van der Waals surface area (Å²) in [6, 6.07) is 2.98. The average molecular weight is 272 g/mol. The number of nitrogens with one attached hydrogen (secondary N) is 2. The van der Waals surface area contributed by atoms with E-state index in [1.54, 1.807) is 6.07 Å². The normalized spacial score (nSPS) is 10.7. The number of hydrogen-bond donors (Lipinski definition) is 3. The van der Waals surface area contributed by atoms with Crippen molar-refractivity contribution in [1.82, 2.24) is 10.3 Å². The molecule has 0 radical (unpaired) electrons. The van der Waals surface area contributed by atoms with Gasteiger partial charge in [-0.3, -0.25) is 0 Å². The predicted molar refractivity (Wildman–Crippen MR) is 69.6 cm³/mol. The number of rotatable bonds is 3. The summed E-state index contributed by atoms with van der Waals surface area (Å²) in [5.74, 6) is 0. The first-order valence-electron chi connectivity index (χ1n) is 5.06. The van der Waals surface area contributed by atoms with Crippen LogP contribution in [0.15, 0.2) is 18.3 Å². The number of aromatic nitrogens is 1. The third kappa shape index (κ3) is 2.65. The lowest BCUT2D eigenvalue weighted by Gasteiger charge is -2.02. The molecule has 4 N–H and O–H groups in total. The highest BCUT2D eigenvalue weighted by Gasteiger charge is 2.08. The van der Waals surface area contributed by atoms with E-state index in [1.807, 2.05) is 12.3 Å². The zero-order valence-electron chi connectivity index (χ0n) is 8.89. The summed E-state index contributed by atoms with van der Waals surface area (Å²) >= 11 is 12.0. The molecular formula is C11H11Cl2N3O. The second-order valence-corrected chi connectivity index (χ2v) is 4.51. The molecule has 17 heavy (non-hydrogen) atoms. The summed E-state index contributed by atoms with van der Waals surface area (Å²) in [6.45, 7) is 0.473. The first-order chi connectivity index (χ1) is 8.08. The van der Waals surface area contributed by atoms with Crippen molar-refractivity contribution in [3.63, 3.8) is 0 Å². The molecule has 0 aliphatic rings. The maximum absolute atomic E-state index is 10.6. The number of amides is 2. The van der Waals surface area contributed by atoms with Crippen molar-refractivity contribution in [2.45, 2.75) is 6.42 Å². The minimum absolute atomic E-state index is 0.473. The van der Waals surface area contributed by atoms with E-state index in [1.165, 1.54) is 0 Å². The Balaban J connectivity index is 2.26. The Morgan fingerprint density at radius 2 is 2.18 bits per heavy atom. The fourth-order valence-electron chi connectivity index (χ4n) is 1.77. The highest BCUT2D eigenvalue weighted by molar-refractivity contribution is 6.38. The van der Waals surface area contributed by atoms with E-state index in [4.69, 9.17) is 28.9 Å². The molecule has 0 aliphatic carbocycles. The van der Waals surface area contributed by atoms with Crippen LogP contribution >= 0.6 is 23.2 Å². The van der Waals surface area contributed by atoms with Crippen LogP contribution < -0.4 is 11.1 Å². The highest BCUT2D eigenvalue weighted by Crippen LogP contribution is 2.30. The number of H-pyrrole nitrogens is 1. The van der Waals surface area contributed by atoms with Crippen molar-refractivity contribution in [2.75, 3.05) is 6.54 Å². The fourth-order valence-corrected chi connectivity index (χ4v) is 2.38. The van der Waals surface area contributed by atoms with Crippen molar-refractivity contribution >= 4 is 40.1 Å². The van der Waals surface area contributed by atoms with Crippen LogP contribution in [-0.2, 0) is 6.42 Å². The van der Waals surface area contributed by atoms with Gasteiger partial charge in [0, 0.05) is 28.7 Å². The number of halogens is 2. The monoisotopic (exact) mass is 271 g/mol. The summed E-state index contributed by atoms with van der Waals surface area (Å²) in [5.41, 5.74) is 6.90. The molecule has 0 saturated heterocycles. The molecule has 1 aromatic carbocycles. The van der Waals surface area contributed by atoms with E-state index in [-0.39, 0.29) is 0 Å². The minimum Gasteiger partial charge on any atom is -0.361 e. The Morgan fingerprint density at radius 3 is 2.88 bits per heavy atom. The molecule has 0 atom stereocenters. The molecule has 2 rings (SSSR count). The fraction of sp³-hybridized carbons (Fsp3) is 0.182. The lowest BCUT2D eigenvalue weighted by atomic mass is 10.1. The first-order valence-corrected chi connectivity index (χ1v) is 5.82. The quantitative estimate of drug-likeness (QED) is 0.789. The highest BCUT2D eigenvalue weighted by atomic mass is 35.5. The standard InChI is InChI=1S/C11H11Cl2N3O/c12-7-3-8(13)10-6(1-2-15-11(14)17)5-16-9(10)4-7/h3-5,16H,1-2H2,(H3,14,15,17). The Hall–Kier alpha value is -1.39. The molecule has 0 saturated carbocycles. The van der Waals surface area contributed by atoms with Crippen LogP contribution in [0.5, 0.6) is 0 Å². The number of nitrogens with two attached hydrogens (primary N) is 1. The van der Waals surface area contributed by atoms with Gasteiger partial charge >= 0.3 is 6.03 Å². The summed E-state index contributed by atoms with van der Waals surface area (Å²) in [7, 11) is 0. The third-order valence-electron chi connectivity index (χ3n) is 2.47. The summed E-state index contributed by atoms with van der Waals surface area (Å²) in [5, 5.41) is 4.66. The SMILES string of the molecule is NC(=O)NCCc1c[nH]c2cc(Cl)cc(Cl)c12. The molecule has 0 fully saturated rings. The second-order valence-electron chi connectivity index (χ2n) is 3.67. The van der Waals surface area contributed by atoms with Gasteiger partial charge in [0.2, 0.25) is 0 Å². The Labute approximate surface area is 108 Å². The van der Waals surface area contributed by atoms with Crippen LogP contribution in [0.1, 0.15) is 5.56 Å². The Bertz CT molecular complexity index is 565. The number of primary amides is 1. The van der Waals surface area contributed by atoms with Gasteiger partial charge in [0.1, 0.15) is 0 Å². The lowest BCUT2D eigenvalue weighted by molar-refractivity contribution is 0.249. The molecule has 0 unspecified atom stereocenters. The maximum Gasteiger partial charge on any atom is 0.312 e. The van der Waals surface area contributed by atoms with Crippen molar-refractivity contribution in [2.24, 2.45) is 5.73 Å². The van der Waals surface area contributed by atoms with Crippen molar-refractivity contribution in [1.29, 1.82) is 0 Å². The number of carbonyl (C=O) groups excluding carboxylic acids is 1. The number of aromatic amines is 1. The maximum atomic E-state index is 10.6. The van der Waals surface area contributed by atoms with E-state index >= 15 is 0 Å². The molecule has 0 aliphatic heterocycles. The van der Waals surface area contributed by atoms with E-state index in [0.717, 1.165) is 16.5 Å². The van der Waals surface area contributed by atoms with Crippen molar-refractivity contribution in [3.05, 3.63) is 33.9 Å². The number of carbonyl (C=O) groups is 1. The van der Waals surface area contributed by atoms with Crippen LogP contribution in [0, 0.1) is 0 Å². The molecule has 1 aromatic heterocycles. The van der Waals surface area contributed by atoms with Crippen LogP contribution in [0.4, 0.5) is 4.79 Å². The first kappa shape index (κ1) is 12.1. The topological polar surface area (TPSA) is 70.9 Å². The molecule has 6 heteroatoms. The molecule has 0 bridgehead atoms. The van der Waals surface area contributed by atoms with Gasteiger partial charge in [-0.1, -0.05) is 23.2 Å². The van der Waals surface area contributed by atoms with E-state index in [0.29, 0.717) is 23.0 Å². The molecular weight excluding hydrogens is 261 g/mol. The molecule has 1 heterocycles. The number of benzene rings is 1. The van der Waals surface area contributed by atoms with Gasteiger partial charge in [0.25, 0.3) is 0 Å². The Kier molecular flexibility index (Phi) is 3.45. The van der Waals surface area contributed by atoms with Gasteiger partial charge in [0.05, 0.1) is 5.02 Å². The third-order valence-corrected chi connectivity index (χ3v) is 2.99. The Morgan fingerprint density at radius 1 is 1.41 bits per heavy atom. The smallest absolute Gasteiger partial charge is 0.312 e. The molecule has 0 spiro atoms.